The van der Waals surface area contributed by atoms with E-state index in [2.05, 4.69) is 4.90 Å². The molecule has 0 unspecified atom stereocenters. The zero-order chi connectivity index (χ0) is 28.1. The van der Waals surface area contributed by atoms with Crippen molar-refractivity contribution in [2.45, 2.75) is 51.7 Å². The summed E-state index contributed by atoms with van der Waals surface area (Å²) >= 11 is 0. The minimum absolute atomic E-state index is 0.104. The molecule has 0 radical (unpaired) electrons. The van der Waals surface area contributed by atoms with Crippen LogP contribution in [-0.2, 0) is 44.1 Å². The monoisotopic (exact) mass is 531 g/mol. The van der Waals surface area contributed by atoms with Crippen molar-refractivity contribution in [2.24, 2.45) is 0 Å². The van der Waals surface area contributed by atoms with Crippen LogP contribution in [0.5, 0.6) is 11.5 Å². The third kappa shape index (κ3) is 7.46. The second-order valence-electron chi connectivity index (χ2n) is 8.99. The van der Waals surface area contributed by atoms with Crippen molar-refractivity contribution in [2.75, 3.05) is 47.6 Å². The number of hydrogen-bond donors (Lipinski definition) is 2. The molecule has 0 spiro atoms. The number of benzene rings is 2. The number of esters is 2. The lowest BCUT2D eigenvalue weighted by Crippen LogP contribution is -2.47. The fourth-order valence-corrected chi connectivity index (χ4v) is 4.45. The molecule has 0 heterocycles. The number of ether oxygens (including phenoxy) is 4. The Bertz CT molecular complexity index is 1040. The Balaban J connectivity index is 2.24. The summed E-state index contributed by atoms with van der Waals surface area (Å²) in [5.41, 5.74) is 0.752. The second-order valence-corrected chi connectivity index (χ2v) is 8.99. The van der Waals surface area contributed by atoms with E-state index >= 15 is 0 Å². The number of aliphatic hydroxyl groups is 2. The van der Waals surface area contributed by atoms with Crippen LogP contribution in [0.15, 0.2) is 36.4 Å². The molecule has 9 heteroatoms. The van der Waals surface area contributed by atoms with Crippen LogP contribution in [-0.4, -0.2) is 74.6 Å². The molecule has 210 valence electrons. The summed E-state index contributed by atoms with van der Waals surface area (Å²) in [7, 11) is 5.19. The summed E-state index contributed by atoms with van der Waals surface area (Å²) in [4.78, 5) is 28.9. The van der Waals surface area contributed by atoms with Gasteiger partial charge in [0, 0.05) is 6.54 Å². The van der Waals surface area contributed by atoms with Crippen LogP contribution < -0.4 is 9.47 Å². The summed E-state index contributed by atoms with van der Waals surface area (Å²) in [6.07, 6.45) is 1.45. The van der Waals surface area contributed by atoms with Crippen LogP contribution in [0.4, 0.5) is 0 Å². The molecule has 2 rings (SSSR count). The van der Waals surface area contributed by atoms with Crippen LogP contribution in [0.2, 0.25) is 0 Å². The summed E-state index contributed by atoms with van der Waals surface area (Å²) in [6, 6.07) is 10.7. The van der Waals surface area contributed by atoms with E-state index in [0.717, 1.165) is 18.5 Å². The summed E-state index contributed by atoms with van der Waals surface area (Å²) in [6.45, 7) is 4.33. The third-order valence-corrected chi connectivity index (χ3v) is 6.61. The molecule has 0 aromatic heterocycles. The van der Waals surface area contributed by atoms with Crippen molar-refractivity contribution in [3.63, 3.8) is 0 Å². The molecular formula is C29H41NO8. The maximum absolute atomic E-state index is 13.4. The minimum Gasteiger partial charge on any atom is -0.493 e. The van der Waals surface area contributed by atoms with Crippen molar-refractivity contribution in [1.29, 1.82) is 0 Å². The molecule has 9 nitrogen and oxygen atoms in total. The van der Waals surface area contributed by atoms with E-state index in [-0.39, 0.29) is 32.8 Å². The number of carbonyl (C=O) groups is 2. The minimum atomic E-state index is -1.69. The third-order valence-electron chi connectivity index (χ3n) is 6.61. The van der Waals surface area contributed by atoms with E-state index in [1.165, 1.54) is 0 Å². The van der Waals surface area contributed by atoms with Crippen LogP contribution in [0.3, 0.4) is 0 Å². The fraction of sp³-hybridized carbons (Fsp3) is 0.517. The van der Waals surface area contributed by atoms with E-state index in [0.29, 0.717) is 41.2 Å². The first-order valence-electron chi connectivity index (χ1n) is 12.9. The van der Waals surface area contributed by atoms with Gasteiger partial charge in [-0.15, -0.1) is 0 Å². The molecular weight excluding hydrogens is 490 g/mol. The average Bonchev–Trinajstić information content (AvgIpc) is 2.93. The van der Waals surface area contributed by atoms with Gasteiger partial charge in [-0.25, -0.2) is 0 Å². The average molecular weight is 532 g/mol. The maximum atomic E-state index is 13.4. The lowest BCUT2D eigenvalue weighted by atomic mass is 9.75. The summed E-state index contributed by atoms with van der Waals surface area (Å²) in [5.74, 6) is -0.0230. The van der Waals surface area contributed by atoms with E-state index in [4.69, 9.17) is 18.9 Å². The van der Waals surface area contributed by atoms with Crippen LogP contribution >= 0.6 is 0 Å². The Morgan fingerprint density at radius 2 is 1.47 bits per heavy atom. The Morgan fingerprint density at radius 3 is 2.03 bits per heavy atom. The molecule has 0 aliphatic heterocycles. The van der Waals surface area contributed by atoms with Crippen LogP contribution in [0, 0.1) is 0 Å². The Morgan fingerprint density at radius 1 is 0.842 bits per heavy atom. The van der Waals surface area contributed by atoms with E-state index in [9.17, 15) is 19.8 Å². The van der Waals surface area contributed by atoms with Gasteiger partial charge in [0.05, 0.1) is 40.6 Å². The number of likely N-dealkylation sites (N-methyl/N-ethyl adjacent to an activating group) is 1. The number of carbonyl (C=O) groups excluding carboxylic acids is 2. The van der Waals surface area contributed by atoms with Gasteiger partial charge in [-0.05, 0) is 81.1 Å². The molecule has 0 aliphatic carbocycles. The molecule has 0 fully saturated rings. The Kier molecular flexibility index (Phi) is 12.5. The number of methoxy groups -OCH3 is 2. The van der Waals surface area contributed by atoms with E-state index < -0.39 is 17.4 Å². The molecule has 0 atom stereocenters. The number of aliphatic hydroxyl groups excluding tert-OH is 2. The largest absolute Gasteiger partial charge is 0.493 e. The zero-order valence-corrected chi connectivity index (χ0v) is 23.1. The van der Waals surface area contributed by atoms with E-state index in [1.807, 2.05) is 25.2 Å². The molecule has 38 heavy (non-hydrogen) atoms. The molecule has 2 N–H and O–H groups in total. The predicted octanol–water partition coefficient (Wildman–Crippen LogP) is 3.01. The van der Waals surface area contributed by atoms with Crippen molar-refractivity contribution < 1.29 is 38.7 Å². The highest BCUT2D eigenvalue weighted by Gasteiger charge is 2.50. The first kappa shape index (κ1) is 31.1. The highest BCUT2D eigenvalue weighted by molar-refractivity contribution is 6.06. The van der Waals surface area contributed by atoms with Crippen LogP contribution in [0.25, 0.3) is 0 Å². The number of rotatable bonds is 16. The summed E-state index contributed by atoms with van der Waals surface area (Å²) < 4.78 is 21.4. The molecule has 0 bridgehead atoms. The fourth-order valence-electron chi connectivity index (χ4n) is 4.45. The quantitative estimate of drug-likeness (QED) is 0.249. The van der Waals surface area contributed by atoms with Gasteiger partial charge in [0.1, 0.15) is 0 Å². The molecule has 2 aromatic rings. The van der Waals surface area contributed by atoms with Gasteiger partial charge >= 0.3 is 11.9 Å². The standard InChI is InChI=1S/C29H41NO8/c1-6-37-27(33)29(28(34)38-7-2,24-11-10-22(19-31)23(18-24)20-32)14-8-15-30(3)16-13-21-9-12-25(35-4)26(17-21)36-5/h9-12,17-18,31-32H,6-8,13-16,19-20H2,1-5H3. The van der Waals surface area contributed by atoms with Crippen molar-refractivity contribution in [3.05, 3.63) is 58.7 Å². The van der Waals surface area contributed by atoms with Gasteiger partial charge in [-0.2, -0.15) is 0 Å². The Labute approximate surface area is 225 Å². The highest BCUT2D eigenvalue weighted by atomic mass is 16.6. The van der Waals surface area contributed by atoms with Gasteiger partial charge in [0.25, 0.3) is 0 Å². The summed E-state index contributed by atoms with van der Waals surface area (Å²) in [5, 5.41) is 19.4. The topological polar surface area (TPSA) is 115 Å². The molecule has 0 aliphatic rings. The number of nitrogens with zero attached hydrogens (tertiary/aromatic N) is 1. The van der Waals surface area contributed by atoms with Gasteiger partial charge < -0.3 is 34.1 Å². The van der Waals surface area contributed by atoms with Gasteiger partial charge in [0.2, 0.25) is 0 Å². The molecule has 2 aromatic carbocycles. The SMILES string of the molecule is CCOC(=O)C(CCCN(C)CCc1ccc(OC)c(OC)c1)(C(=O)OCC)c1ccc(CO)c(CO)c1. The van der Waals surface area contributed by atoms with Crippen molar-refractivity contribution >= 4 is 11.9 Å². The molecule has 0 saturated carbocycles. The lowest BCUT2D eigenvalue weighted by Gasteiger charge is -2.31. The van der Waals surface area contributed by atoms with Crippen molar-refractivity contribution in [3.8, 4) is 11.5 Å². The first-order valence-corrected chi connectivity index (χ1v) is 12.9. The normalized spacial score (nSPS) is 11.4. The number of hydrogen-bond acceptors (Lipinski definition) is 9. The lowest BCUT2D eigenvalue weighted by molar-refractivity contribution is -0.165. The van der Waals surface area contributed by atoms with Crippen LogP contribution in [0.1, 0.15) is 48.9 Å². The zero-order valence-electron chi connectivity index (χ0n) is 23.1. The first-order chi connectivity index (χ1) is 18.3. The van der Waals surface area contributed by atoms with Gasteiger partial charge in [0.15, 0.2) is 16.9 Å². The smallest absolute Gasteiger partial charge is 0.328 e. The molecule has 0 amide bonds. The Hall–Kier alpha value is -3.14. The second kappa shape index (κ2) is 15.3. The predicted molar refractivity (Wildman–Crippen MR) is 143 cm³/mol. The highest BCUT2D eigenvalue weighted by Crippen LogP contribution is 2.35. The van der Waals surface area contributed by atoms with Gasteiger partial charge in [-0.1, -0.05) is 24.3 Å². The van der Waals surface area contributed by atoms with E-state index in [1.54, 1.807) is 46.3 Å². The maximum Gasteiger partial charge on any atom is 0.328 e. The van der Waals surface area contributed by atoms with Gasteiger partial charge in [-0.3, -0.25) is 9.59 Å². The van der Waals surface area contributed by atoms with Crippen molar-refractivity contribution in [1.82, 2.24) is 4.90 Å². The molecule has 0 saturated heterocycles.